The number of hydrogen-bond donors (Lipinski definition) is 0. The Morgan fingerprint density at radius 1 is 1.23 bits per heavy atom. The highest BCUT2D eigenvalue weighted by molar-refractivity contribution is 7.22. The monoisotopic (exact) mass is 371 g/mol. The quantitative estimate of drug-likeness (QED) is 0.664. The van der Waals surface area contributed by atoms with Crippen LogP contribution in [-0.2, 0) is 0 Å². The molecule has 0 aliphatic heterocycles. The van der Waals surface area contributed by atoms with Crippen LogP contribution in [-0.4, -0.2) is 52.8 Å². The minimum Gasteiger partial charge on any atom is -0.308 e. The fourth-order valence-electron chi connectivity index (χ4n) is 2.77. The molecule has 0 unspecified atom stereocenters. The first-order valence-electron chi connectivity index (χ1n) is 8.75. The number of carbonyl (C=O) groups is 1. The second-order valence-corrected chi connectivity index (χ2v) is 7.94. The highest BCUT2D eigenvalue weighted by atomic mass is 32.1. The molecule has 0 atom stereocenters. The third-order valence-electron chi connectivity index (χ3n) is 4.10. The maximum Gasteiger partial charge on any atom is 0.278 e. The lowest BCUT2D eigenvalue weighted by Gasteiger charge is -2.22. The number of nitrogens with zero attached hydrogens (tertiary/aromatic N) is 5. The van der Waals surface area contributed by atoms with Crippen molar-refractivity contribution in [3.63, 3.8) is 0 Å². The van der Waals surface area contributed by atoms with Crippen molar-refractivity contribution < 1.29 is 4.79 Å². The molecule has 26 heavy (non-hydrogen) atoms. The maximum absolute atomic E-state index is 13.4. The average Bonchev–Trinajstić information content (AvgIpc) is 3.17. The summed E-state index contributed by atoms with van der Waals surface area (Å²) in [5, 5.41) is 5.22. The van der Waals surface area contributed by atoms with Crippen LogP contribution in [0.25, 0.3) is 10.2 Å². The minimum absolute atomic E-state index is 0.0554. The van der Waals surface area contributed by atoms with E-state index >= 15 is 0 Å². The molecule has 3 aromatic rings. The highest BCUT2D eigenvalue weighted by Gasteiger charge is 2.25. The van der Waals surface area contributed by atoms with Crippen LogP contribution in [0.15, 0.2) is 30.3 Å². The van der Waals surface area contributed by atoms with Crippen molar-refractivity contribution in [2.45, 2.75) is 26.8 Å². The van der Waals surface area contributed by atoms with Gasteiger partial charge in [-0.25, -0.2) is 4.98 Å². The van der Waals surface area contributed by atoms with E-state index < -0.39 is 0 Å². The highest BCUT2D eigenvalue weighted by Crippen LogP contribution is 2.29. The van der Waals surface area contributed by atoms with Gasteiger partial charge in [0.2, 0.25) is 0 Å². The first kappa shape index (κ1) is 18.5. The zero-order chi connectivity index (χ0) is 18.8. The van der Waals surface area contributed by atoms with Crippen LogP contribution >= 0.6 is 11.3 Å². The molecule has 0 aliphatic carbocycles. The summed E-state index contributed by atoms with van der Waals surface area (Å²) in [6, 6.07) is 9.95. The van der Waals surface area contributed by atoms with E-state index in [1.807, 2.05) is 65.2 Å². The number of rotatable bonds is 6. The molecule has 0 spiro atoms. The molecule has 6 nitrogen and oxygen atoms in total. The smallest absolute Gasteiger partial charge is 0.278 e. The molecule has 0 saturated carbocycles. The first-order chi connectivity index (χ1) is 12.4. The van der Waals surface area contributed by atoms with Crippen LogP contribution < -0.4 is 4.90 Å². The van der Waals surface area contributed by atoms with Crippen LogP contribution in [0.3, 0.4) is 0 Å². The fraction of sp³-hybridized carbons (Fsp3) is 0.421. The van der Waals surface area contributed by atoms with E-state index in [0.29, 0.717) is 12.2 Å². The summed E-state index contributed by atoms with van der Waals surface area (Å²) < 4.78 is 2.88. The van der Waals surface area contributed by atoms with E-state index in [9.17, 15) is 4.79 Å². The van der Waals surface area contributed by atoms with E-state index in [-0.39, 0.29) is 11.9 Å². The molecule has 138 valence electrons. The number of anilines is 1. The third-order valence-corrected chi connectivity index (χ3v) is 5.16. The van der Waals surface area contributed by atoms with E-state index in [2.05, 4.69) is 10.00 Å². The predicted octanol–water partition coefficient (Wildman–Crippen LogP) is 3.59. The topological polar surface area (TPSA) is 54.3 Å². The Kier molecular flexibility index (Phi) is 5.38. The number of para-hydroxylation sites is 1. The zero-order valence-corrected chi connectivity index (χ0v) is 16.7. The molecule has 2 heterocycles. The molecule has 0 aliphatic rings. The predicted molar refractivity (Wildman–Crippen MR) is 107 cm³/mol. The molecular weight excluding hydrogens is 346 g/mol. The Hall–Kier alpha value is -2.25. The van der Waals surface area contributed by atoms with Gasteiger partial charge in [0, 0.05) is 19.1 Å². The number of thiazole rings is 1. The zero-order valence-electron chi connectivity index (χ0n) is 15.9. The van der Waals surface area contributed by atoms with E-state index in [0.717, 1.165) is 27.6 Å². The standard InChI is InChI=1S/C19H25N5OS/c1-13(2)24-16(12-14(3)21-24)18(25)23(11-10-22(4)5)19-20-15-8-6-7-9-17(15)26-19/h6-9,12-13H,10-11H2,1-5H3. The van der Waals surface area contributed by atoms with E-state index in [1.54, 1.807) is 20.9 Å². The number of fused-ring (bicyclic) bond motifs is 1. The molecule has 0 bridgehead atoms. The van der Waals surface area contributed by atoms with Gasteiger partial charge < -0.3 is 4.90 Å². The van der Waals surface area contributed by atoms with Crippen LogP contribution in [0.4, 0.5) is 5.13 Å². The number of likely N-dealkylation sites (N-methyl/N-ethyl adjacent to an activating group) is 1. The Balaban J connectivity index is 2.01. The van der Waals surface area contributed by atoms with Crippen LogP contribution in [0.1, 0.15) is 36.1 Å². The third kappa shape index (κ3) is 3.78. The van der Waals surface area contributed by atoms with Gasteiger partial charge in [-0.15, -0.1) is 0 Å². The van der Waals surface area contributed by atoms with Gasteiger partial charge in [0.25, 0.3) is 5.91 Å². The normalized spacial score (nSPS) is 11.7. The van der Waals surface area contributed by atoms with Gasteiger partial charge in [0.05, 0.1) is 15.9 Å². The molecule has 0 N–H and O–H groups in total. The summed E-state index contributed by atoms with van der Waals surface area (Å²) in [4.78, 5) is 21.9. The molecule has 3 rings (SSSR count). The Morgan fingerprint density at radius 3 is 2.62 bits per heavy atom. The van der Waals surface area contributed by atoms with Gasteiger partial charge in [-0.2, -0.15) is 5.10 Å². The summed E-state index contributed by atoms with van der Waals surface area (Å²) in [5.74, 6) is -0.0554. The van der Waals surface area contributed by atoms with Crippen molar-refractivity contribution >= 4 is 32.6 Å². The molecule has 0 saturated heterocycles. The number of hydrogen-bond acceptors (Lipinski definition) is 5. The van der Waals surface area contributed by atoms with Crippen LogP contribution in [0.5, 0.6) is 0 Å². The minimum atomic E-state index is -0.0554. The summed E-state index contributed by atoms with van der Waals surface area (Å²) in [5.41, 5.74) is 2.37. The maximum atomic E-state index is 13.4. The summed E-state index contributed by atoms with van der Waals surface area (Å²) in [6.45, 7) is 7.32. The summed E-state index contributed by atoms with van der Waals surface area (Å²) >= 11 is 1.55. The van der Waals surface area contributed by atoms with Crippen molar-refractivity contribution in [3.05, 3.63) is 41.7 Å². The van der Waals surface area contributed by atoms with Gasteiger partial charge in [-0.3, -0.25) is 14.4 Å². The second-order valence-electron chi connectivity index (χ2n) is 6.93. The fourth-order valence-corrected chi connectivity index (χ4v) is 3.76. The Morgan fingerprint density at radius 2 is 1.96 bits per heavy atom. The summed E-state index contributed by atoms with van der Waals surface area (Å²) in [7, 11) is 4.01. The lowest BCUT2D eigenvalue weighted by Crippen LogP contribution is -2.38. The number of aromatic nitrogens is 3. The lowest BCUT2D eigenvalue weighted by molar-refractivity contribution is 0.0973. The molecule has 0 fully saturated rings. The van der Waals surface area contributed by atoms with Gasteiger partial charge in [-0.1, -0.05) is 23.5 Å². The molecular formula is C19H25N5OS. The average molecular weight is 372 g/mol. The SMILES string of the molecule is Cc1cc(C(=O)N(CCN(C)C)c2nc3ccccc3s2)n(C(C)C)n1. The first-order valence-corrected chi connectivity index (χ1v) is 9.56. The second kappa shape index (κ2) is 7.55. The molecule has 7 heteroatoms. The van der Waals surface area contributed by atoms with E-state index in [1.165, 1.54) is 0 Å². The number of benzene rings is 1. The van der Waals surface area contributed by atoms with Crippen LogP contribution in [0, 0.1) is 6.92 Å². The van der Waals surface area contributed by atoms with Crippen molar-refractivity contribution in [2.24, 2.45) is 0 Å². The molecule has 0 radical (unpaired) electrons. The van der Waals surface area contributed by atoms with Gasteiger partial charge in [0.15, 0.2) is 5.13 Å². The van der Waals surface area contributed by atoms with Crippen LogP contribution in [0.2, 0.25) is 0 Å². The van der Waals surface area contributed by atoms with Gasteiger partial charge >= 0.3 is 0 Å². The van der Waals surface area contributed by atoms with Gasteiger partial charge in [0.1, 0.15) is 5.69 Å². The molecule has 2 aromatic heterocycles. The number of amides is 1. The number of carbonyl (C=O) groups excluding carboxylic acids is 1. The lowest BCUT2D eigenvalue weighted by atomic mass is 10.3. The van der Waals surface area contributed by atoms with Crippen molar-refractivity contribution in [1.82, 2.24) is 19.7 Å². The number of aryl methyl sites for hydroxylation is 1. The van der Waals surface area contributed by atoms with Crippen molar-refractivity contribution in [1.29, 1.82) is 0 Å². The largest absolute Gasteiger partial charge is 0.308 e. The Labute approximate surface area is 158 Å². The van der Waals surface area contributed by atoms with Gasteiger partial charge in [-0.05, 0) is 53.1 Å². The van der Waals surface area contributed by atoms with Crippen molar-refractivity contribution in [2.75, 3.05) is 32.1 Å². The molecule has 1 amide bonds. The molecule has 1 aromatic carbocycles. The Bertz CT molecular complexity index is 879. The van der Waals surface area contributed by atoms with Crippen molar-refractivity contribution in [3.8, 4) is 0 Å². The summed E-state index contributed by atoms with van der Waals surface area (Å²) in [6.07, 6.45) is 0. The van der Waals surface area contributed by atoms with E-state index in [4.69, 9.17) is 4.98 Å².